The molecule has 1 aliphatic heterocycles. The Morgan fingerprint density at radius 1 is 1.50 bits per heavy atom. The maximum Gasteiger partial charge on any atom is 0.140 e. The first kappa shape index (κ1) is 15.4. The van der Waals surface area contributed by atoms with Crippen molar-refractivity contribution in [3.63, 3.8) is 0 Å². The van der Waals surface area contributed by atoms with Gasteiger partial charge in [0.05, 0.1) is 13.2 Å². The van der Waals surface area contributed by atoms with E-state index >= 15 is 0 Å². The van der Waals surface area contributed by atoms with E-state index in [-0.39, 0.29) is 0 Å². The Balaban J connectivity index is 1.74. The summed E-state index contributed by atoms with van der Waals surface area (Å²) in [4.78, 5) is 9.20. The first-order chi connectivity index (χ1) is 9.72. The van der Waals surface area contributed by atoms with E-state index in [1.54, 1.807) is 13.4 Å². The van der Waals surface area contributed by atoms with Crippen LogP contribution in [-0.4, -0.2) is 71.5 Å². The normalized spacial score (nSPS) is 20.1. The van der Waals surface area contributed by atoms with Crippen LogP contribution in [0.2, 0.25) is 0 Å². The van der Waals surface area contributed by atoms with E-state index in [9.17, 15) is 0 Å². The fourth-order valence-electron chi connectivity index (χ4n) is 2.91. The largest absolute Gasteiger partial charge is 0.383 e. The van der Waals surface area contributed by atoms with Crippen LogP contribution in [0.25, 0.3) is 0 Å². The SMILES string of the molecule is CCn1ncnc1CN(C)CC1CCN(CCOC)C1. The lowest BCUT2D eigenvalue weighted by molar-refractivity contribution is 0.156. The van der Waals surface area contributed by atoms with Gasteiger partial charge in [0.15, 0.2) is 0 Å². The van der Waals surface area contributed by atoms with Crippen molar-refractivity contribution in [1.82, 2.24) is 24.6 Å². The van der Waals surface area contributed by atoms with Gasteiger partial charge in [0, 0.05) is 33.3 Å². The Hall–Kier alpha value is -0.980. The molecule has 0 N–H and O–H groups in total. The summed E-state index contributed by atoms with van der Waals surface area (Å²) in [6, 6.07) is 0. The lowest BCUT2D eigenvalue weighted by atomic mass is 10.1. The van der Waals surface area contributed by atoms with E-state index in [2.05, 4.69) is 33.9 Å². The van der Waals surface area contributed by atoms with Crippen LogP contribution in [0.15, 0.2) is 6.33 Å². The van der Waals surface area contributed by atoms with Crippen LogP contribution in [0.3, 0.4) is 0 Å². The Morgan fingerprint density at radius 3 is 3.10 bits per heavy atom. The molecule has 1 aromatic rings. The van der Waals surface area contributed by atoms with Crippen LogP contribution in [0, 0.1) is 5.92 Å². The topological polar surface area (TPSA) is 46.4 Å². The molecule has 1 saturated heterocycles. The Kier molecular flexibility index (Phi) is 5.94. The summed E-state index contributed by atoms with van der Waals surface area (Å²) in [6.45, 7) is 9.27. The van der Waals surface area contributed by atoms with Gasteiger partial charge in [-0.3, -0.25) is 4.90 Å². The van der Waals surface area contributed by atoms with E-state index in [0.29, 0.717) is 0 Å². The average molecular weight is 281 g/mol. The zero-order valence-corrected chi connectivity index (χ0v) is 13.0. The summed E-state index contributed by atoms with van der Waals surface area (Å²) < 4.78 is 7.11. The molecule has 1 atom stereocenters. The van der Waals surface area contributed by atoms with E-state index in [1.165, 1.54) is 19.5 Å². The van der Waals surface area contributed by atoms with E-state index < -0.39 is 0 Å². The number of likely N-dealkylation sites (tertiary alicyclic amines) is 1. The van der Waals surface area contributed by atoms with Gasteiger partial charge in [-0.2, -0.15) is 5.10 Å². The van der Waals surface area contributed by atoms with Gasteiger partial charge in [0.1, 0.15) is 12.2 Å². The lowest BCUT2D eigenvalue weighted by Crippen LogP contribution is -2.30. The average Bonchev–Trinajstić information content (AvgIpc) is 3.05. The summed E-state index contributed by atoms with van der Waals surface area (Å²) in [5.41, 5.74) is 0. The second-order valence-corrected chi connectivity index (χ2v) is 5.64. The predicted octanol–water partition coefficient (Wildman–Crippen LogP) is 0.698. The molecule has 0 spiro atoms. The molecule has 6 heteroatoms. The summed E-state index contributed by atoms with van der Waals surface area (Å²) in [5, 5.41) is 4.22. The van der Waals surface area contributed by atoms with Crippen LogP contribution in [0.1, 0.15) is 19.2 Å². The van der Waals surface area contributed by atoms with Crippen LogP contribution in [0.5, 0.6) is 0 Å². The highest BCUT2D eigenvalue weighted by atomic mass is 16.5. The zero-order chi connectivity index (χ0) is 14.4. The fourth-order valence-corrected chi connectivity index (χ4v) is 2.91. The highest BCUT2D eigenvalue weighted by Gasteiger charge is 2.23. The fraction of sp³-hybridized carbons (Fsp3) is 0.857. The van der Waals surface area contributed by atoms with Crippen molar-refractivity contribution in [3.05, 3.63) is 12.2 Å². The van der Waals surface area contributed by atoms with Gasteiger partial charge in [0.25, 0.3) is 0 Å². The quantitative estimate of drug-likeness (QED) is 0.702. The summed E-state index contributed by atoms with van der Waals surface area (Å²) in [5.74, 6) is 1.82. The number of rotatable bonds is 8. The van der Waals surface area contributed by atoms with Gasteiger partial charge in [-0.15, -0.1) is 0 Å². The third-order valence-electron chi connectivity index (χ3n) is 3.96. The second-order valence-electron chi connectivity index (χ2n) is 5.64. The maximum absolute atomic E-state index is 5.15. The minimum absolute atomic E-state index is 0.759. The molecule has 0 aliphatic carbocycles. The molecule has 0 saturated carbocycles. The van der Waals surface area contributed by atoms with Gasteiger partial charge in [-0.25, -0.2) is 9.67 Å². The van der Waals surface area contributed by atoms with Crippen molar-refractivity contribution in [3.8, 4) is 0 Å². The van der Waals surface area contributed by atoms with Gasteiger partial charge in [-0.05, 0) is 32.9 Å². The summed E-state index contributed by atoms with van der Waals surface area (Å²) in [6.07, 6.45) is 2.93. The first-order valence-electron chi connectivity index (χ1n) is 7.49. The minimum Gasteiger partial charge on any atom is -0.383 e. The molecule has 20 heavy (non-hydrogen) atoms. The summed E-state index contributed by atoms with van der Waals surface area (Å²) in [7, 11) is 3.94. The monoisotopic (exact) mass is 281 g/mol. The molecular weight excluding hydrogens is 254 g/mol. The molecule has 0 radical (unpaired) electrons. The molecule has 6 nitrogen and oxygen atoms in total. The standard InChI is InChI=1S/C14H27N5O/c1-4-19-14(15-12-16-19)11-17(2)9-13-5-6-18(10-13)7-8-20-3/h12-13H,4-11H2,1-3H3. The number of ether oxygens (including phenoxy) is 1. The Morgan fingerprint density at radius 2 is 2.35 bits per heavy atom. The zero-order valence-electron chi connectivity index (χ0n) is 13.0. The number of methoxy groups -OCH3 is 1. The van der Waals surface area contributed by atoms with Crippen LogP contribution >= 0.6 is 0 Å². The first-order valence-corrected chi connectivity index (χ1v) is 7.49. The van der Waals surface area contributed by atoms with Crippen molar-refractivity contribution < 1.29 is 4.74 Å². The number of aromatic nitrogens is 3. The Bertz CT molecular complexity index is 395. The van der Waals surface area contributed by atoms with Crippen molar-refractivity contribution in [2.24, 2.45) is 5.92 Å². The molecule has 1 unspecified atom stereocenters. The summed E-state index contributed by atoms with van der Waals surface area (Å²) >= 11 is 0. The second kappa shape index (κ2) is 7.71. The third kappa shape index (κ3) is 4.26. The van der Waals surface area contributed by atoms with Gasteiger partial charge < -0.3 is 9.64 Å². The Labute approximate surface area is 121 Å². The van der Waals surface area contributed by atoms with Gasteiger partial charge in [-0.1, -0.05) is 0 Å². The molecule has 1 aromatic heterocycles. The number of hydrogen-bond acceptors (Lipinski definition) is 5. The molecule has 1 aliphatic rings. The van der Waals surface area contributed by atoms with E-state index in [1.807, 2.05) is 4.68 Å². The molecule has 2 rings (SSSR count). The van der Waals surface area contributed by atoms with E-state index in [0.717, 1.165) is 44.5 Å². The molecule has 0 bridgehead atoms. The molecular formula is C14H27N5O. The molecule has 0 aromatic carbocycles. The predicted molar refractivity (Wildman–Crippen MR) is 78.5 cm³/mol. The van der Waals surface area contributed by atoms with Gasteiger partial charge >= 0.3 is 0 Å². The maximum atomic E-state index is 5.15. The van der Waals surface area contributed by atoms with Crippen LogP contribution in [-0.2, 0) is 17.8 Å². The third-order valence-corrected chi connectivity index (χ3v) is 3.96. The van der Waals surface area contributed by atoms with Crippen molar-refractivity contribution in [1.29, 1.82) is 0 Å². The van der Waals surface area contributed by atoms with Crippen molar-refractivity contribution in [2.75, 3.05) is 46.9 Å². The number of nitrogens with zero attached hydrogens (tertiary/aromatic N) is 5. The number of hydrogen-bond donors (Lipinski definition) is 0. The number of aryl methyl sites for hydroxylation is 1. The van der Waals surface area contributed by atoms with E-state index in [4.69, 9.17) is 4.74 Å². The van der Waals surface area contributed by atoms with Crippen molar-refractivity contribution in [2.45, 2.75) is 26.4 Å². The highest BCUT2D eigenvalue weighted by Crippen LogP contribution is 2.17. The molecule has 2 heterocycles. The lowest BCUT2D eigenvalue weighted by Gasteiger charge is -2.21. The minimum atomic E-state index is 0.759. The van der Waals surface area contributed by atoms with Crippen LogP contribution in [0.4, 0.5) is 0 Å². The molecule has 114 valence electrons. The molecule has 0 amide bonds. The van der Waals surface area contributed by atoms with Crippen LogP contribution < -0.4 is 0 Å². The van der Waals surface area contributed by atoms with Crippen molar-refractivity contribution >= 4 is 0 Å². The van der Waals surface area contributed by atoms with Gasteiger partial charge in [0.2, 0.25) is 0 Å². The highest BCUT2D eigenvalue weighted by molar-refractivity contribution is 4.85. The smallest absolute Gasteiger partial charge is 0.140 e. The molecule has 1 fully saturated rings.